The fourth-order valence-electron chi connectivity index (χ4n) is 2.73. The number of thioether (sulfide) groups is 1. The average Bonchev–Trinajstić information content (AvgIpc) is 2.67. The molecule has 1 atom stereocenters. The molecule has 0 spiro atoms. The van der Waals surface area contributed by atoms with Crippen LogP contribution in [0.4, 0.5) is 4.79 Å². The Kier molecular flexibility index (Phi) is 5.58. The Labute approximate surface area is 155 Å². The molecule has 0 aliphatic carbocycles. The normalized spacial score (nSPS) is 17.2. The maximum absolute atomic E-state index is 12.7. The molecule has 134 valence electrons. The van der Waals surface area contributed by atoms with Crippen LogP contribution in [-0.4, -0.2) is 40.4 Å². The van der Waals surface area contributed by atoms with Gasteiger partial charge in [0.2, 0.25) is 0 Å². The molecule has 1 aliphatic heterocycles. The molecular weight excluding hydrogens is 352 g/mol. The van der Waals surface area contributed by atoms with Crippen LogP contribution in [0.5, 0.6) is 0 Å². The first-order valence-electron chi connectivity index (χ1n) is 8.10. The van der Waals surface area contributed by atoms with Gasteiger partial charge in [-0.1, -0.05) is 60.7 Å². The number of carbonyl (C=O) groups is 3. The highest BCUT2D eigenvalue weighted by Gasteiger charge is 2.39. The molecule has 0 aromatic heterocycles. The number of rotatable bonds is 4. The Hall–Kier alpha value is -2.80. The monoisotopic (exact) mass is 370 g/mol. The van der Waals surface area contributed by atoms with Crippen molar-refractivity contribution in [2.75, 3.05) is 12.3 Å². The van der Waals surface area contributed by atoms with Crippen LogP contribution >= 0.6 is 11.8 Å². The predicted molar refractivity (Wildman–Crippen MR) is 98.4 cm³/mol. The fraction of sp³-hybridized carbons (Fsp3) is 0.211. The summed E-state index contributed by atoms with van der Waals surface area (Å²) in [4.78, 5) is 37.3. The van der Waals surface area contributed by atoms with Crippen molar-refractivity contribution >= 4 is 29.7 Å². The number of primary amides is 1. The summed E-state index contributed by atoms with van der Waals surface area (Å²) in [7, 11) is 0. The first-order chi connectivity index (χ1) is 12.6. The molecule has 1 saturated heterocycles. The van der Waals surface area contributed by atoms with Crippen LogP contribution in [0.2, 0.25) is 0 Å². The number of esters is 1. The first-order valence-corrected chi connectivity index (χ1v) is 9.15. The number of carbonyl (C=O) groups excluding carboxylic acids is 3. The topological polar surface area (TPSA) is 89.7 Å². The van der Waals surface area contributed by atoms with Gasteiger partial charge in [-0.15, -0.1) is 11.8 Å². The van der Waals surface area contributed by atoms with Crippen LogP contribution in [0, 0.1) is 0 Å². The van der Waals surface area contributed by atoms with Crippen molar-refractivity contribution in [1.82, 2.24) is 4.90 Å². The molecule has 0 bridgehead atoms. The minimum atomic E-state index is -1.09. The number of benzene rings is 2. The van der Waals surface area contributed by atoms with E-state index < -0.39 is 29.3 Å². The lowest BCUT2D eigenvalue weighted by Crippen LogP contribution is -2.52. The maximum Gasteiger partial charge on any atom is 0.329 e. The highest BCUT2D eigenvalue weighted by atomic mass is 32.2. The van der Waals surface area contributed by atoms with Crippen LogP contribution in [0.25, 0.3) is 0 Å². The third-order valence-corrected chi connectivity index (χ3v) is 5.15. The van der Waals surface area contributed by atoms with Gasteiger partial charge in [-0.25, -0.2) is 4.79 Å². The lowest BCUT2D eigenvalue weighted by Gasteiger charge is -2.29. The summed E-state index contributed by atoms with van der Waals surface area (Å²) in [6, 6.07) is 17.7. The van der Waals surface area contributed by atoms with Gasteiger partial charge in [0.25, 0.3) is 5.91 Å². The maximum atomic E-state index is 12.7. The number of nitrogens with zero attached hydrogens (tertiary/aromatic N) is 1. The smallest absolute Gasteiger partial charge is 0.329 e. The number of amides is 3. The Morgan fingerprint density at radius 2 is 1.58 bits per heavy atom. The molecule has 1 heterocycles. The first kappa shape index (κ1) is 18.0. The van der Waals surface area contributed by atoms with E-state index in [9.17, 15) is 14.4 Å². The largest absolute Gasteiger partial charge is 0.451 e. The van der Waals surface area contributed by atoms with E-state index in [2.05, 4.69) is 0 Å². The fourth-order valence-corrected chi connectivity index (χ4v) is 3.72. The molecular formula is C19H18N2O4S. The van der Waals surface area contributed by atoms with Gasteiger partial charge < -0.3 is 10.5 Å². The van der Waals surface area contributed by atoms with Gasteiger partial charge >= 0.3 is 12.0 Å². The Balaban J connectivity index is 1.84. The molecule has 6 nitrogen and oxygen atoms in total. The molecule has 1 fully saturated rings. The van der Waals surface area contributed by atoms with Gasteiger partial charge in [0.15, 0.2) is 11.4 Å². The minimum absolute atomic E-state index is 0.198. The number of urea groups is 1. The number of hydrogen-bond donors (Lipinski definition) is 1. The number of nitrogens with two attached hydrogens (primary N) is 1. The molecule has 26 heavy (non-hydrogen) atoms. The molecule has 0 saturated carbocycles. The SMILES string of the molecule is NC(=O)N1CCSC(C(=O)OC(c2ccccc2)c2ccccc2)C1=O. The molecule has 3 rings (SSSR count). The molecule has 2 N–H and O–H groups in total. The van der Waals surface area contributed by atoms with E-state index in [0.717, 1.165) is 27.8 Å². The number of hydrogen-bond acceptors (Lipinski definition) is 5. The highest BCUT2D eigenvalue weighted by molar-refractivity contribution is 8.01. The Morgan fingerprint density at radius 1 is 1.04 bits per heavy atom. The third-order valence-electron chi connectivity index (χ3n) is 4.01. The summed E-state index contributed by atoms with van der Waals surface area (Å²) in [6.07, 6.45) is -0.637. The number of imide groups is 1. The van der Waals surface area contributed by atoms with Crippen molar-refractivity contribution in [3.63, 3.8) is 0 Å². The Bertz CT molecular complexity index is 758. The van der Waals surface area contributed by atoms with Crippen molar-refractivity contribution in [3.05, 3.63) is 71.8 Å². The summed E-state index contributed by atoms with van der Waals surface area (Å²) >= 11 is 1.16. The second-order valence-electron chi connectivity index (χ2n) is 5.72. The molecule has 2 aromatic rings. The zero-order valence-electron chi connectivity index (χ0n) is 13.9. The van der Waals surface area contributed by atoms with E-state index in [-0.39, 0.29) is 6.54 Å². The van der Waals surface area contributed by atoms with Gasteiger partial charge in [-0.2, -0.15) is 0 Å². The lowest BCUT2D eigenvalue weighted by molar-refractivity contribution is -0.150. The van der Waals surface area contributed by atoms with Crippen LogP contribution in [0.15, 0.2) is 60.7 Å². The van der Waals surface area contributed by atoms with Crippen LogP contribution in [0.3, 0.4) is 0 Å². The summed E-state index contributed by atoms with van der Waals surface area (Å²) in [5.74, 6) is -0.863. The van der Waals surface area contributed by atoms with E-state index >= 15 is 0 Å². The van der Waals surface area contributed by atoms with Gasteiger partial charge in [0, 0.05) is 12.3 Å². The van der Waals surface area contributed by atoms with Crippen molar-refractivity contribution in [2.45, 2.75) is 11.4 Å². The third kappa shape index (κ3) is 3.88. The Morgan fingerprint density at radius 3 is 2.08 bits per heavy atom. The quantitative estimate of drug-likeness (QED) is 0.659. The summed E-state index contributed by atoms with van der Waals surface area (Å²) in [5.41, 5.74) is 6.80. The second-order valence-corrected chi connectivity index (χ2v) is 6.93. The molecule has 3 amide bonds. The van der Waals surface area contributed by atoms with Crippen LogP contribution in [0.1, 0.15) is 17.2 Å². The summed E-state index contributed by atoms with van der Waals surface area (Å²) < 4.78 is 5.70. The van der Waals surface area contributed by atoms with Crippen molar-refractivity contribution in [1.29, 1.82) is 0 Å². The summed E-state index contributed by atoms with van der Waals surface area (Å²) in [6.45, 7) is 0.198. The van der Waals surface area contributed by atoms with Gasteiger partial charge in [-0.3, -0.25) is 14.5 Å². The lowest BCUT2D eigenvalue weighted by atomic mass is 10.0. The van der Waals surface area contributed by atoms with E-state index in [1.807, 2.05) is 60.7 Å². The zero-order chi connectivity index (χ0) is 18.5. The minimum Gasteiger partial charge on any atom is -0.451 e. The standard InChI is InChI=1S/C19H18N2O4S/c20-19(24)21-11-12-26-16(17(21)22)18(23)25-15(13-7-3-1-4-8-13)14-9-5-2-6-10-14/h1-10,15-16H,11-12H2,(H2,20,24). The van der Waals surface area contributed by atoms with E-state index in [0.29, 0.717) is 5.75 Å². The average molecular weight is 370 g/mol. The second kappa shape index (κ2) is 8.05. The number of ether oxygens (including phenoxy) is 1. The molecule has 1 aliphatic rings. The highest BCUT2D eigenvalue weighted by Crippen LogP contribution is 2.29. The van der Waals surface area contributed by atoms with E-state index in [1.54, 1.807) is 0 Å². The molecule has 2 aromatic carbocycles. The molecule has 7 heteroatoms. The van der Waals surface area contributed by atoms with Crippen molar-refractivity contribution < 1.29 is 19.1 Å². The summed E-state index contributed by atoms with van der Waals surface area (Å²) in [5, 5.41) is -1.09. The van der Waals surface area contributed by atoms with Crippen molar-refractivity contribution in [2.24, 2.45) is 5.73 Å². The van der Waals surface area contributed by atoms with Crippen LogP contribution in [-0.2, 0) is 14.3 Å². The van der Waals surface area contributed by atoms with Crippen molar-refractivity contribution in [3.8, 4) is 0 Å². The van der Waals surface area contributed by atoms with E-state index in [4.69, 9.17) is 10.5 Å². The van der Waals surface area contributed by atoms with Gasteiger partial charge in [0.1, 0.15) is 0 Å². The van der Waals surface area contributed by atoms with Gasteiger partial charge in [0.05, 0.1) is 0 Å². The molecule has 1 unspecified atom stereocenters. The van der Waals surface area contributed by atoms with Crippen LogP contribution < -0.4 is 5.73 Å². The zero-order valence-corrected chi connectivity index (χ0v) is 14.7. The van der Waals surface area contributed by atoms with Gasteiger partial charge in [-0.05, 0) is 11.1 Å². The molecule has 0 radical (unpaired) electrons. The van der Waals surface area contributed by atoms with E-state index in [1.165, 1.54) is 0 Å². The predicted octanol–water partition coefficient (Wildman–Crippen LogP) is 2.34.